The highest BCUT2D eigenvalue weighted by atomic mass is 32.2. The number of rotatable bonds is 2. The van der Waals surface area contributed by atoms with Gasteiger partial charge in [0.05, 0.1) is 5.25 Å². The molecule has 0 spiro atoms. The van der Waals surface area contributed by atoms with Crippen LogP contribution in [0.2, 0.25) is 0 Å². The number of carbonyl (C=O) groups is 1. The summed E-state index contributed by atoms with van der Waals surface area (Å²) in [5, 5.41) is 0.0956. The van der Waals surface area contributed by atoms with Crippen molar-refractivity contribution in [3.05, 3.63) is 11.1 Å². The Labute approximate surface area is 90.0 Å². The maximum absolute atomic E-state index is 11.0. The van der Waals surface area contributed by atoms with Crippen LogP contribution in [-0.2, 0) is 4.79 Å². The third-order valence-electron chi connectivity index (χ3n) is 3.65. The molecule has 0 bridgehead atoms. The Morgan fingerprint density at radius 2 is 2.14 bits per heavy atom. The third-order valence-corrected chi connectivity index (χ3v) is 4.45. The van der Waals surface area contributed by atoms with Crippen molar-refractivity contribution in [3.63, 3.8) is 0 Å². The van der Waals surface area contributed by atoms with E-state index in [1.165, 1.54) is 0 Å². The molecule has 0 radical (unpaired) electrons. The van der Waals surface area contributed by atoms with E-state index in [2.05, 4.69) is 20.8 Å². The summed E-state index contributed by atoms with van der Waals surface area (Å²) in [6.45, 7) is 8.29. The Morgan fingerprint density at radius 3 is 2.57 bits per heavy atom. The maximum Gasteiger partial charge on any atom is 0.146 e. The van der Waals surface area contributed by atoms with Gasteiger partial charge in [-0.25, -0.2) is 0 Å². The van der Waals surface area contributed by atoms with E-state index in [1.807, 2.05) is 6.92 Å². The molecule has 0 fully saturated rings. The molecule has 2 atom stereocenters. The van der Waals surface area contributed by atoms with Gasteiger partial charge in [0.15, 0.2) is 0 Å². The van der Waals surface area contributed by atoms with Gasteiger partial charge in [-0.15, -0.1) is 0 Å². The molecule has 1 N–H and O–H groups in total. The van der Waals surface area contributed by atoms with Crippen LogP contribution in [0.5, 0.6) is 0 Å². The highest BCUT2D eigenvalue weighted by molar-refractivity contribution is 7.94. The van der Waals surface area contributed by atoms with Crippen molar-refractivity contribution in [2.75, 3.05) is 0 Å². The molecule has 0 saturated carbocycles. The van der Waals surface area contributed by atoms with E-state index in [4.69, 9.17) is 4.55 Å². The average Bonchev–Trinajstić information content (AvgIpc) is 2.12. The normalized spacial score (nSPS) is 31.8. The molecular weight excluding hydrogens is 196 g/mol. The van der Waals surface area contributed by atoms with E-state index in [0.717, 1.165) is 35.9 Å². The SMILES string of the molecule is CC1=C(C=O)C(C)(C)C(C)CC1SO. The standard InChI is InChI=1S/C11H18O2S/c1-7-5-10(14-13)8(2)9(6-12)11(7,3)4/h6-7,10,13H,5H2,1-4H3. The molecule has 2 nitrogen and oxygen atoms in total. The molecule has 0 saturated heterocycles. The molecule has 0 heterocycles. The van der Waals surface area contributed by atoms with Gasteiger partial charge >= 0.3 is 0 Å². The number of aldehydes is 1. The molecule has 1 aliphatic carbocycles. The summed E-state index contributed by atoms with van der Waals surface area (Å²) in [6.07, 6.45) is 1.89. The smallest absolute Gasteiger partial charge is 0.146 e. The lowest BCUT2D eigenvalue weighted by molar-refractivity contribution is -0.106. The van der Waals surface area contributed by atoms with Gasteiger partial charge in [-0.1, -0.05) is 26.3 Å². The molecule has 0 aromatic rings. The zero-order chi connectivity index (χ0) is 10.9. The lowest BCUT2D eigenvalue weighted by atomic mass is 9.66. The van der Waals surface area contributed by atoms with Crippen LogP contribution in [-0.4, -0.2) is 16.1 Å². The van der Waals surface area contributed by atoms with Crippen molar-refractivity contribution in [1.29, 1.82) is 0 Å². The van der Waals surface area contributed by atoms with Crippen LogP contribution in [0.3, 0.4) is 0 Å². The first-order chi connectivity index (χ1) is 6.45. The maximum atomic E-state index is 11.0. The summed E-state index contributed by atoms with van der Waals surface area (Å²) in [4.78, 5) is 11.0. The van der Waals surface area contributed by atoms with Gasteiger partial charge in [-0.05, 0) is 42.3 Å². The van der Waals surface area contributed by atoms with Gasteiger partial charge in [0.1, 0.15) is 6.29 Å². The second-order valence-corrected chi connectivity index (χ2v) is 5.45. The first-order valence-corrected chi connectivity index (χ1v) is 5.75. The fourth-order valence-corrected chi connectivity index (χ4v) is 2.77. The van der Waals surface area contributed by atoms with Crippen LogP contribution in [0.15, 0.2) is 11.1 Å². The monoisotopic (exact) mass is 214 g/mol. The summed E-state index contributed by atoms with van der Waals surface area (Å²) in [7, 11) is 0. The lowest BCUT2D eigenvalue weighted by Gasteiger charge is -2.40. The Balaban J connectivity index is 3.16. The van der Waals surface area contributed by atoms with Crippen LogP contribution in [0.25, 0.3) is 0 Å². The first-order valence-electron chi connectivity index (χ1n) is 4.91. The van der Waals surface area contributed by atoms with Crippen LogP contribution in [0.1, 0.15) is 34.1 Å². The van der Waals surface area contributed by atoms with Gasteiger partial charge < -0.3 is 4.55 Å². The Bertz CT molecular complexity index is 268. The highest BCUT2D eigenvalue weighted by Gasteiger charge is 2.38. The van der Waals surface area contributed by atoms with Crippen molar-refractivity contribution in [3.8, 4) is 0 Å². The Morgan fingerprint density at radius 1 is 1.57 bits per heavy atom. The molecule has 3 heteroatoms. The average molecular weight is 214 g/mol. The van der Waals surface area contributed by atoms with Gasteiger partial charge in [0, 0.05) is 0 Å². The van der Waals surface area contributed by atoms with Gasteiger partial charge in [0.2, 0.25) is 0 Å². The lowest BCUT2D eigenvalue weighted by Crippen LogP contribution is -2.34. The number of hydrogen-bond donors (Lipinski definition) is 1. The molecule has 0 aliphatic heterocycles. The van der Waals surface area contributed by atoms with E-state index in [1.54, 1.807) is 0 Å². The number of carbonyl (C=O) groups excluding carboxylic acids is 1. The minimum atomic E-state index is -0.0575. The largest absolute Gasteiger partial charge is 0.329 e. The number of hydrogen-bond acceptors (Lipinski definition) is 3. The van der Waals surface area contributed by atoms with E-state index in [9.17, 15) is 4.79 Å². The molecule has 14 heavy (non-hydrogen) atoms. The second kappa shape index (κ2) is 4.07. The summed E-state index contributed by atoms with van der Waals surface area (Å²) in [5.74, 6) is 0.427. The van der Waals surface area contributed by atoms with E-state index >= 15 is 0 Å². The van der Waals surface area contributed by atoms with Crippen molar-refractivity contribution in [1.82, 2.24) is 0 Å². The van der Waals surface area contributed by atoms with Gasteiger partial charge in [-0.2, -0.15) is 0 Å². The third kappa shape index (κ3) is 1.75. The fraction of sp³-hybridized carbons (Fsp3) is 0.727. The van der Waals surface area contributed by atoms with E-state index in [0.29, 0.717) is 5.92 Å². The summed E-state index contributed by atoms with van der Waals surface area (Å²) >= 11 is 0.861. The highest BCUT2D eigenvalue weighted by Crippen LogP contribution is 2.46. The predicted molar refractivity (Wildman–Crippen MR) is 60.3 cm³/mol. The van der Waals surface area contributed by atoms with Crippen molar-refractivity contribution < 1.29 is 9.35 Å². The zero-order valence-corrected chi connectivity index (χ0v) is 10.0. The topological polar surface area (TPSA) is 37.3 Å². The van der Waals surface area contributed by atoms with Crippen LogP contribution >= 0.6 is 12.0 Å². The summed E-state index contributed by atoms with van der Waals surface area (Å²) in [6, 6.07) is 0. The fourth-order valence-electron chi connectivity index (χ4n) is 2.11. The molecule has 0 aromatic carbocycles. The molecule has 0 aromatic heterocycles. The first kappa shape index (κ1) is 11.8. The molecular formula is C11H18O2S. The molecule has 1 aliphatic rings. The Kier molecular flexibility index (Phi) is 3.43. The van der Waals surface area contributed by atoms with Gasteiger partial charge in [0.25, 0.3) is 0 Å². The molecule has 1 rings (SSSR count). The second-order valence-electron chi connectivity index (χ2n) is 4.67. The summed E-state index contributed by atoms with van der Waals surface area (Å²) < 4.78 is 9.13. The molecule has 2 unspecified atom stereocenters. The summed E-state index contributed by atoms with van der Waals surface area (Å²) in [5.41, 5.74) is 1.84. The van der Waals surface area contributed by atoms with Crippen LogP contribution in [0, 0.1) is 11.3 Å². The predicted octanol–water partition coefficient (Wildman–Crippen LogP) is 3.14. The zero-order valence-electron chi connectivity index (χ0n) is 9.20. The van der Waals surface area contributed by atoms with E-state index in [-0.39, 0.29) is 10.7 Å². The van der Waals surface area contributed by atoms with Gasteiger partial charge in [-0.3, -0.25) is 4.79 Å². The van der Waals surface area contributed by atoms with Crippen LogP contribution < -0.4 is 0 Å². The number of allylic oxidation sites excluding steroid dienone is 1. The van der Waals surface area contributed by atoms with Crippen molar-refractivity contribution in [2.45, 2.75) is 39.4 Å². The van der Waals surface area contributed by atoms with E-state index < -0.39 is 0 Å². The van der Waals surface area contributed by atoms with Crippen molar-refractivity contribution in [2.24, 2.45) is 11.3 Å². The minimum Gasteiger partial charge on any atom is -0.329 e. The Hall–Kier alpha value is -0.280. The minimum absolute atomic E-state index is 0.0575. The molecule has 0 amide bonds. The quantitative estimate of drug-likeness (QED) is 0.567. The molecule has 80 valence electrons. The van der Waals surface area contributed by atoms with Crippen molar-refractivity contribution >= 4 is 18.3 Å². The van der Waals surface area contributed by atoms with Crippen LogP contribution in [0.4, 0.5) is 0 Å².